The molecule has 0 radical (unpaired) electrons. The Bertz CT molecular complexity index is 352. The molecule has 2 fully saturated rings. The molecule has 2 aliphatic rings. The summed E-state index contributed by atoms with van der Waals surface area (Å²) >= 11 is 0. The summed E-state index contributed by atoms with van der Waals surface area (Å²) in [5.74, 6) is 0.479. The zero-order chi connectivity index (χ0) is 13.0. The van der Waals surface area contributed by atoms with Crippen LogP contribution in [0.5, 0.6) is 0 Å². The molecule has 0 spiro atoms. The first kappa shape index (κ1) is 14.2. The van der Waals surface area contributed by atoms with E-state index in [1.54, 1.807) is 4.31 Å². The average molecular weight is 275 g/mol. The maximum Gasteiger partial charge on any atom is 0.279 e. The van der Waals surface area contributed by atoms with Crippen LogP contribution in [-0.2, 0) is 10.2 Å². The van der Waals surface area contributed by atoms with E-state index >= 15 is 0 Å². The highest BCUT2D eigenvalue weighted by Crippen LogP contribution is 2.24. The van der Waals surface area contributed by atoms with Gasteiger partial charge in [-0.2, -0.15) is 17.4 Å². The second-order valence-corrected chi connectivity index (χ2v) is 7.25. The molecular weight excluding hydrogens is 250 g/mol. The highest BCUT2D eigenvalue weighted by atomic mass is 32.2. The molecule has 2 atom stereocenters. The van der Waals surface area contributed by atoms with Gasteiger partial charge in [0, 0.05) is 19.1 Å². The lowest BCUT2D eigenvalue weighted by Crippen LogP contribution is -2.48. The molecule has 1 heterocycles. The molecule has 0 aromatic rings. The van der Waals surface area contributed by atoms with Gasteiger partial charge < -0.3 is 5.73 Å². The number of hydrogen-bond acceptors (Lipinski definition) is 3. The van der Waals surface area contributed by atoms with E-state index in [1.807, 2.05) is 0 Å². The van der Waals surface area contributed by atoms with Gasteiger partial charge in [0.2, 0.25) is 0 Å². The van der Waals surface area contributed by atoms with Crippen molar-refractivity contribution < 1.29 is 8.42 Å². The fraction of sp³-hybridized carbons (Fsp3) is 1.00. The van der Waals surface area contributed by atoms with Crippen molar-refractivity contribution in [3.63, 3.8) is 0 Å². The molecule has 5 nitrogen and oxygen atoms in total. The van der Waals surface area contributed by atoms with Crippen LogP contribution in [0, 0.1) is 5.92 Å². The van der Waals surface area contributed by atoms with E-state index in [0.717, 1.165) is 44.9 Å². The van der Waals surface area contributed by atoms with Gasteiger partial charge in [0.15, 0.2) is 0 Å². The molecule has 0 aromatic heterocycles. The van der Waals surface area contributed by atoms with Gasteiger partial charge in [-0.15, -0.1) is 0 Å². The van der Waals surface area contributed by atoms with Gasteiger partial charge >= 0.3 is 0 Å². The van der Waals surface area contributed by atoms with E-state index in [4.69, 9.17) is 5.73 Å². The van der Waals surface area contributed by atoms with Crippen molar-refractivity contribution in [1.29, 1.82) is 0 Å². The Balaban J connectivity index is 1.90. The van der Waals surface area contributed by atoms with Crippen LogP contribution >= 0.6 is 0 Å². The minimum Gasteiger partial charge on any atom is -0.330 e. The molecule has 6 heteroatoms. The second-order valence-electron chi connectivity index (χ2n) is 5.55. The summed E-state index contributed by atoms with van der Waals surface area (Å²) in [5, 5.41) is 0. The minimum absolute atomic E-state index is 0.0826. The van der Waals surface area contributed by atoms with Crippen molar-refractivity contribution in [3.8, 4) is 0 Å². The summed E-state index contributed by atoms with van der Waals surface area (Å²) in [6.07, 6.45) is 7.17. The number of hydrogen-bond donors (Lipinski definition) is 2. The van der Waals surface area contributed by atoms with Gasteiger partial charge in [-0.25, -0.2) is 0 Å². The highest BCUT2D eigenvalue weighted by molar-refractivity contribution is 7.87. The average Bonchev–Trinajstić information content (AvgIpc) is 2.39. The third-order valence-electron chi connectivity index (χ3n) is 4.09. The Morgan fingerprint density at radius 1 is 1.11 bits per heavy atom. The standard InChI is InChI=1S/C12H25N3O2S/c13-10-11-5-4-6-12(9-11)14-18(16,17)15-7-2-1-3-8-15/h11-12,14H,1-10,13H2. The molecule has 0 amide bonds. The molecule has 18 heavy (non-hydrogen) atoms. The third kappa shape index (κ3) is 3.66. The number of nitrogens with zero attached hydrogens (tertiary/aromatic N) is 1. The van der Waals surface area contributed by atoms with Crippen molar-refractivity contribution >= 4 is 10.2 Å². The first-order valence-corrected chi connectivity index (χ1v) is 8.53. The molecular formula is C12H25N3O2S. The number of rotatable bonds is 4. The zero-order valence-electron chi connectivity index (χ0n) is 11.0. The second kappa shape index (κ2) is 6.32. The van der Waals surface area contributed by atoms with E-state index in [9.17, 15) is 8.42 Å². The van der Waals surface area contributed by atoms with Gasteiger partial charge in [-0.1, -0.05) is 12.8 Å². The van der Waals surface area contributed by atoms with Crippen molar-refractivity contribution in [3.05, 3.63) is 0 Å². The number of nitrogens with one attached hydrogen (secondary N) is 1. The molecule has 0 bridgehead atoms. The summed E-state index contributed by atoms with van der Waals surface area (Å²) in [7, 11) is -3.27. The van der Waals surface area contributed by atoms with Crippen LogP contribution in [-0.4, -0.2) is 38.4 Å². The van der Waals surface area contributed by atoms with Crippen LogP contribution in [0.25, 0.3) is 0 Å². The van der Waals surface area contributed by atoms with Gasteiger partial charge in [-0.05, 0) is 44.6 Å². The third-order valence-corrected chi connectivity index (χ3v) is 5.76. The lowest BCUT2D eigenvalue weighted by molar-refractivity contribution is 0.298. The molecule has 106 valence electrons. The predicted octanol–water partition coefficient (Wildman–Crippen LogP) is 0.824. The fourth-order valence-electron chi connectivity index (χ4n) is 3.00. The van der Waals surface area contributed by atoms with Crippen molar-refractivity contribution in [2.75, 3.05) is 19.6 Å². The summed E-state index contributed by atoms with van der Waals surface area (Å²) in [5.41, 5.74) is 5.68. The molecule has 2 unspecified atom stereocenters. The first-order chi connectivity index (χ1) is 8.62. The SMILES string of the molecule is NCC1CCCC(NS(=O)(=O)N2CCCCC2)C1. The molecule has 1 aliphatic carbocycles. The van der Waals surface area contributed by atoms with E-state index < -0.39 is 10.2 Å². The maximum absolute atomic E-state index is 12.2. The summed E-state index contributed by atoms with van der Waals surface area (Å²) < 4.78 is 28.9. The smallest absolute Gasteiger partial charge is 0.279 e. The lowest BCUT2D eigenvalue weighted by atomic mass is 9.86. The largest absolute Gasteiger partial charge is 0.330 e. The molecule has 2 rings (SSSR count). The van der Waals surface area contributed by atoms with Gasteiger partial charge in [0.05, 0.1) is 0 Å². The van der Waals surface area contributed by atoms with Crippen LogP contribution in [0.4, 0.5) is 0 Å². The van der Waals surface area contributed by atoms with Crippen molar-refractivity contribution in [2.45, 2.75) is 51.0 Å². The normalized spacial score (nSPS) is 31.4. The Morgan fingerprint density at radius 2 is 1.83 bits per heavy atom. The fourth-order valence-corrected chi connectivity index (χ4v) is 4.53. The quantitative estimate of drug-likeness (QED) is 0.798. The van der Waals surface area contributed by atoms with Crippen LogP contribution in [0.3, 0.4) is 0 Å². The van der Waals surface area contributed by atoms with E-state index in [1.165, 1.54) is 0 Å². The molecule has 3 N–H and O–H groups in total. The van der Waals surface area contributed by atoms with Crippen LogP contribution in [0.2, 0.25) is 0 Å². The van der Waals surface area contributed by atoms with E-state index in [-0.39, 0.29) is 6.04 Å². The van der Waals surface area contributed by atoms with Crippen LogP contribution in [0.15, 0.2) is 0 Å². The monoisotopic (exact) mass is 275 g/mol. The van der Waals surface area contributed by atoms with Crippen LogP contribution in [0.1, 0.15) is 44.9 Å². The van der Waals surface area contributed by atoms with Gasteiger partial charge in [0.25, 0.3) is 10.2 Å². The maximum atomic E-state index is 12.2. The van der Waals surface area contributed by atoms with E-state index in [0.29, 0.717) is 25.6 Å². The Labute approximate surface area is 110 Å². The highest BCUT2D eigenvalue weighted by Gasteiger charge is 2.29. The topological polar surface area (TPSA) is 75.4 Å². The molecule has 1 saturated carbocycles. The lowest BCUT2D eigenvalue weighted by Gasteiger charge is -2.32. The summed E-state index contributed by atoms with van der Waals surface area (Å²) in [6, 6.07) is 0.0826. The van der Waals surface area contributed by atoms with E-state index in [2.05, 4.69) is 4.72 Å². The number of piperidine rings is 1. The molecule has 0 aromatic carbocycles. The Morgan fingerprint density at radius 3 is 2.50 bits per heavy atom. The Kier molecular flexibility index (Phi) is 5.00. The number of nitrogens with two attached hydrogens (primary N) is 1. The molecule has 1 saturated heterocycles. The Hall–Kier alpha value is -0.170. The van der Waals surface area contributed by atoms with Crippen molar-refractivity contribution in [2.24, 2.45) is 11.7 Å². The minimum atomic E-state index is -3.27. The summed E-state index contributed by atoms with van der Waals surface area (Å²) in [6.45, 7) is 2.01. The zero-order valence-corrected chi connectivity index (χ0v) is 11.8. The first-order valence-electron chi connectivity index (χ1n) is 7.09. The van der Waals surface area contributed by atoms with Gasteiger partial charge in [0.1, 0.15) is 0 Å². The predicted molar refractivity (Wildman–Crippen MR) is 72.3 cm³/mol. The van der Waals surface area contributed by atoms with Gasteiger partial charge in [-0.3, -0.25) is 0 Å². The summed E-state index contributed by atoms with van der Waals surface area (Å²) in [4.78, 5) is 0. The molecule has 1 aliphatic heterocycles. The van der Waals surface area contributed by atoms with Crippen LogP contribution < -0.4 is 10.5 Å². The van der Waals surface area contributed by atoms with Crippen molar-refractivity contribution in [1.82, 2.24) is 9.03 Å².